The van der Waals surface area contributed by atoms with E-state index in [4.69, 9.17) is 9.47 Å². The summed E-state index contributed by atoms with van der Waals surface area (Å²) in [6.45, 7) is 6.87. The van der Waals surface area contributed by atoms with Crippen molar-refractivity contribution >= 4 is 19.7 Å². The van der Waals surface area contributed by atoms with Gasteiger partial charge in [0.25, 0.3) is 0 Å². The summed E-state index contributed by atoms with van der Waals surface area (Å²) >= 11 is 0. The first kappa shape index (κ1) is 17.3. The van der Waals surface area contributed by atoms with Crippen LogP contribution in [0.1, 0.15) is 0 Å². The summed E-state index contributed by atoms with van der Waals surface area (Å²) < 4.78 is 53.9. The normalized spacial score (nSPS) is 12.2. The second-order valence-corrected chi connectivity index (χ2v) is 7.43. The Balaban J connectivity index is 3.48. The fraction of sp³-hybridized carbons (Fsp3) is 0.600. The lowest BCUT2D eigenvalue weighted by Gasteiger charge is -2.05. The van der Waals surface area contributed by atoms with Gasteiger partial charge < -0.3 is 9.47 Å². The van der Waals surface area contributed by atoms with Gasteiger partial charge in [0.1, 0.15) is 0 Å². The quantitative estimate of drug-likeness (QED) is 0.504. The molecule has 0 aliphatic carbocycles. The SMILES string of the molecule is C=CS(=O)(=O)CCOCCOCCS(=O)(=O)C=C. The minimum atomic E-state index is -3.23. The summed E-state index contributed by atoms with van der Waals surface area (Å²) in [4.78, 5) is 0. The Bertz CT molecular complexity index is 405. The van der Waals surface area contributed by atoms with Crippen LogP contribution in [0.5, 0.6) is 0 Å². The molecule has 0 fully saturated rings. The standard InChI is InChI=1S/C10H18O6S2/c1-3-17(11,12)9-7-15-5-6-16-8-10-18(13,14)4-2/h3-4H,1-2,5-10H2. The molecule has 0 radical (unpaired) electrons. The number of rotatable bonds is 11. The van der Waals surface area contributed by atoms with Crippen LogP contribution in [-0.4, -0.2) is 54.8 Å². The maximum absolute atomic E-state index is 11.0. The van der Waals surface area contributed by atoms with Gasteiger partial charge >= 0.3 is 0 Å². The maximum atomic E-state index is 11.0. The maximum Gasteiger partial charge on any atom is 0.173 e. The van der Waals surface area contributed by atoms with Crippen LogP contribution < -0.4 is 0 Å². The molecule has 0 aliphatic rings. The van der Waals surface area contributed by atoms with Gasteiger partial charge in [0.2, 0.25) is 0 Å². The van der Waals surface area contributed by atoms with Crippen molar-refractivity contribution in [3.8, 4) is 0 Å². The zero-order valence-electron chi connectivity index (χ0n) is 10.1. The van der Waals surface area contributed by atoms with Crippen molar-refractivity contribution < 1.29 is 26.3 Å². The van der Waals surface area contributed by atoms with Crippen molar-refractivity contribution in [2.75, 3.05) is 37.9 Å². The Labute approximate surface area is 108 Å². The predicted octanol–water partition coefficient (Wildman–Crippen LogP) is 0.136. The molecule has 0 spiro atoms. The van der Waals surface area contributed by atoms with Crippen LogP contribution in [-0.2, 0) is 29.1 Å². The Hall–Kier alpha value is -0.700. The van der Waals surface area contributed by atoms with Gasteiger partial charge in [-0.2, -0.15) is 0 Å². The van der Waals surface area contributed by atoms with Gasteiger partial charge in [-0.1, -0.05) is 13.2 Å². The molecule has 0 saturated heterocycles. The molecular weight excluding hydrogens is 280 g/mol. The zero-order valence-corrected chi connectivity index (χ0v) is 11.7. The highest BCUT2D eigenvalue weighted by Crippen LogP contribution is 1.92. The molecule has 8 heteroatoms. The van der Waals surface area contributed by atoms with Gasteiger partial charge in [-0.15, -0.1) is 0 Å². The molecule has 0 heterocycles. The first-order valence-corrected chi connectivity index (χ1v) is 8.62. The Morgan fingerprint density at radius 1 is 0.722 bits per heavy atom. The molecule has 0 aromatic rings. The van der Waals surface area contributed by atoms with Crippen molar-refractivity contribution in [2.45, 2.75) is 0 Å². The minimum Gasteiger partial charge on any atom is -0.378 e. The van der Waals surface area contributed by atoms with E-state index in [2.05, 4.69) is 13.2 Å². The molecule has 106 valence electrons. The van der Waals surface area contributed by atoms with E-state index < -0.39 is 19.7 Å². The van der Waals surface area contributed by atoms with Gasteiger partial charge in [-0.05, 0) is 0 Å². The monoisotopic (exact) mass is 298 g/mol. The second kappa shape index (κ2) is 8.41. The van der Waals surface area contributed by atoms with Crippen LogP contribution in [0.3, 0.4) is 0 Å². The molecule has 6 nitrogen and oxygen atoms in total. The van der Waals surface area contributed by atoms with Crippen LogP contribution in [0, 0.1) is 0 Å². The van der Waals surface area contributed by atoms with Crippen molar-refractivity contribution in [1.82, 2.24) is 0 Å². The van der Waals surface area contributed by atoms with E-state index in [1.807, 2.05) is 0 Å². The summed E-state index contributed by atoms with van der Waals surface area (Å²) in [5, 5.41) is 1.76. The van der Waals surface area contributed by atoms with Gasteiger partial charge in [0.05, 0.1) is 37.9 Å². The third kappa shape index (κ3) is 9.34. The zero-order chi connectivity index (χ0) is 14.1. The molecule has 0 rings (SSSR count). The summed E-state index contributed by atoms with van der Waals surface area (Å²) in [6.07, 6.45) is 0. The van der Waals surface area contributed by atoms with Gasteiger partial charge in [0.15, 0.2) is 19.7 Å². The number of hydrogen-bond donors (Lipinski definition) is 0. The molecule has 18 heavy (non-hydrogen) atoms. The summed E-state index contributed by atoms with van der Waals surface area (Å²) in [5.74, 6) is -0.247. The van der Waals surface area contributed by atoms with E-state index in [-0.39, 0.29) is 37.9 Å². The third-order valence-electron chi connectivity index (χ3n) is 1.90. The van der Waals surface area contributed by atoms with Gasteiger partial charge in [-0.3, -0.25) is 0 Å². The fourth-order valence-electron chi connectivity index (χ4n) is 0.839. The fourth-order valence-corrected chi connectivity index (χ4v) is 1.87. The topological polar surface area (TPSA) is 86.7 Å². The van der Waals surface area contributed by atoms with Crippen LogP contribution in [0.15, 0.2) is 24.0 Å². The molecule has 0 unspecified atom stereocenters. The van der Waals surface area contributed by atoms with Gasteiger partial charge in [0, 0.05) is 10.8 Å². The van der Waals surface area contributed by atoms with E-state index in [0.717, 1.165) is 10.8 Å². The van der Waals surface area contributed by atoms with Crippen molar-refractivity contribution in [3.63, 3.8) is 0 Å². The van der Waals surface area contributed by atoms with Crippen LogP contribution in [0.2, 0.25) is 0 Å². The number of hydrogen-bond acceptors (Lipinski definition) is 6. The molecule has 0 N–H and O–H groups in total. The van der Waals surface area contributed by atoms with Crippen molar-refractivity contribution in [3.05, 3.63) is 24.0 Å². The molecule has 0 amide bonds. The predicted molar refractivity (Wildman–Crippen MR) is 69.6 cm³/mol. The van der Waals surface area contributed by atoms with E-state index in [0.29, 0.717) is 0 Å². The highest BCUT2D eigenvalue weighted by molar-refractivity contribution is 7.94. The van der Waals surface area contributed by atoms with E-state index in [1.54, 1.807) is 0 Å². The molecular formula is C10H18O6S2. The van der Waals surface area contributed by atoms with E-state index in [9.17, 15) is 16.8 Å². The number of sulfone groups is 2. The molecule has 0 aromatic heterocycles. The van der Waals surface area contributed by atoms with Gasteiger partial charge in [-0.25, -0.2) is 16.8 Å². The Kier molecular flexibility index (Phi) is 8.08. The Morgan fingerprint density at radius 3 is 1.33 bits per heavy atom. The summed E-state index contributed by atoms with van der Waals surface area (Å²) in [5.41, 5.74) is 0. The summed E-state index contributed by atoms with van der Waals surface area (Å²) in [7, 11) is -6.46. The molecule has 0 saturated carbocycles. The lowest BCUT2D eigenvalue weighted by atomic mass is 10.7. The van der Waals surface area contributed by atoms with Crippen LogP contribution in [0.4, 0.5) is 0 Å². The largest absolute Gasteiger partial charge is 0.378 e. The molecule has 0 aliphatic heterocycles. The third-order valence-corrected chi connectivity index (χ3v) is 4.39. The van der Waals surface area contributed by atoms with E-state index in [1.165, 1.54) is 0 Å². The van der Waals surface area contributed by atoms with E-state index >= 15 is 0 Å². The second-order valence-electron chi connectivity index (χ2n) is 3.29. The first-order valence-electron chi connectivity index (χ1n) is 5.19. The molecule has 0 aromatic carbocycles. The average molecular weight is 298 g/mol. The lowest BCUT2D eigenvalue weighted by Crippen LogP contribution is -2.14. The first-order chi connectivity index (χ1) is 8.33. The number of ether oxygens (including phenoxy) is 2. The van der Waals surface area contributed by atoms with Crippen molar-refractivity contribution in [1.29, 1.82) is 0 Å². The minimum absolute atomic E-state index is 0.0582. The Morgan fingerprint density at radius 2 is 1.06 bits per heavy atom. The van der Waals surface area contributed by atoms with Crippen LogP contribution in [0.25, 0.3) is 0 Å². The molecule has 0 atom stereocenters. The van der Waals surface area contributed by atoms with Crippen LogP contribution >= 0.6 is 0 Å². The molecule has 0 bridgehead atoms. The van der Waals surface area contributed by atoms with Crippen molar-refractivity contribution in [2.24, 2.45) is 0 Å². The highest BCUT2D eigenvalue weighted by atomic mass is 32.2. The lowest BCUT2D eigenvalue weighted by molar-refractivity contribution is 0.0598. The summed E-state index contributed by atoms with van der Waals surface area (Å²) in [6, 6.07) is 0. The smallest absolute Gasteiger partial charge is 0.173 e. The average Bonchev–Trinajstić information content (AvgIpc) is 2.32. The highest BCUT2D eigenvalue weighted by Gasteiger charge is 2.05.